The van der Waals surface area contributed by atoms with Crippen LogP contribution in [0.2, 0.25) is 5.02 Å². The summed E-state index contributed by atoms with van der Waals surface area (Å²) in [5.74, 6) is -1.56. The number of alkyl halides is 3. The maximum absolute atomic E-state index is 13.3. The molecule has 0 aliphatic rings. The van der Waals surface area contributed by atoms with E-state index in [-0.39, 0.29) is 17.6 Å². The maximum atomic E-state index is 13.3. The molecule has 0 spiro atoms. The Bertz CT molecular complexity index is 952. The van der Waals surface area contributed by atoms with E-state index in [0.29, 0.717) is 5.02 Å². The smallest absolute Gasteiger partial charge is 0.340 e. The molecular weight excluding hydrogens is 367 g/mol. The molecule has 0 N–H and O–H groups in total. The van der Waals surface area contributed by atoms with Crippen LogP contribution in [0.3, 0.4) is 0 Å². The van der Waals surface area contributed by atoms with Gasteiger partial charge in [0, 0.05) is 18.6 Å². The number of hydrogen-bond donors (Lipinski definition) is 0. The number of likely N-dealkylation sites (N-methyl/N-ethyl adjacent to an activating group) is 1. The van der Waals surface area contributed by atoms with Crippen LogP contribution in [0, 0.1) is 0 Å². The number of fused-ring (bicyclic) bond motifs is 1. The number of hydrogen-bond acceptors (Lipinski definition) is 2. The topological polar surface area (TPSA) is 38.1 Å². The minimum absolute atomic E-state index is 0.196. The standard InChI is InChI=1S/C18H15ClF3N3O/c1-24(10-12-6-2-3-7-13(12)19)16(26)11-25-15-9-5-4-8-14(15)23-17(25)18(20,21)22/h2-9H,10-11H2,1H3. The van der Waals surface area contributed by atoms with E-state index in [0.717, 1.165) is 10.1 Å². The van der Waals surface area contributed by atoms with Crippen molar-refractivity contribution in [1.82, 2.24) is 14.5 Å². The van der Waals surface area contributed by atoms with Crippen LogP contribution in [0.4, 0.5) is 13.2 Å². The van der Waals surface area contributed by atoms with E-state index in [9.17, 15) is 18.0 Å². The summed E-state index contributed by atoms with van der Waals surface area (Å²) in [7, 11) is 1.53. The molecular formula is C18H15ClF3N3O. The van der Waals surface area contributed by atoms with Crippen LogP contribution >= 0.6 is 11.6 Å². The highest BCUT2D eigenvalue weighted by Gasteiger charge is 2.38. The number of rotatable bonds is 4. The van der Waals surface area contributed by atoms with Gasteiger partial charge < -0.3 is 9.47 Å². The molecule has 26 heavy (non-hydrogen) atoms. The lowest BCUT2D eigenvalue weighted by Crippen LogP contribution is -2.31. The number of aromatic nitrogens is 2. The fraction of sp³-hybridized carbons (Fsp3) is 0.222. The molecule has 0 aliphatic heterocycles. The average molecular weight is 382 g/mol. The number of halogens is 4. The summed E-state index contributed by atoms with van der Waals surface area (Å²) in [5, 5.41) is 0.496. The predicted molar refractivity (Wildman–Crippen MR) is 92.7 cm³/mol. The Labute approximate surface area is 152 Å². The molecule has 4 nitrogen and oxygen atoms in total. The highest BCUT2D eigenvalue weighted by atomic mass is 35.5. The van der Waals surface area contributed by atoms with Crippen molar-refractivity contribution in [2.45, 2.75) is 19.3 Å². The van der Waals surface area contributed by atoms with E-state index in [2.05, 4.69) is 4.98 Å². The zero-order valence-electron chi connectivity index (χ0n) is 13.8. The summed E-state index contributed by atoms with van der Waals surface area (Å²) in [5.41, 5.74) is 1.18. The van der Waals surface area contributed by atoms with Gasteiger partial charge in [-0.25, -0.2) is 4.98 Å². The molecule has 0 saturated heterocycles. The molecule has 0 unspecified atom stereocenters. The SMILES string of the molecule is CN(Cc1ccccc1Cl)C(=O)Cn1c(C(F)(F)F)nc2ccccc21. The summed E-state index contributed by atoms with van der Waals surface area (Å²) >= 11 is 6.08. The first-order chi connectivity index (χ1) is 12.3. The summed E-state index contributed by atoms with van der Waals surface area (Å²) in [4.78, 5) is 17.5. The zero-order valence-corrected chi connectivity index (χ0v) is 14.6. The molecule has 0 saturated carbocycles. The molecule has 0 fully saturated rings. The number of nitrogens with zero attached hydrogens (tertiary/aromatic N) is 3. The third kappa shape index (κ3) is 3.67. The fourth-order valence-electron chi connectivity index (χ4n) is 2.68. The number of carbonyl (C=O) groups is 1. The molecule has 2 aromatic carbocycles. The van der Waals surface area contributed by atoms with E-state index in [4.69, 9.17) is 11.6 Å². The van der Waals surface area contributed by atoms with Crippen molar-refractivity contribution >= 4 is 28.5 Å². The number of benzene rings is 2. The van der Waals surface area contributed by atoms with Crippen molar-refractivity contribution in [3.8, 4) is 0 Å². The Morgan fingerprint density at radius 3 is 2.50 bits per heavy atom. The first kappa shape index (κ1) is 18.3. The van der Waals surface area contributed by atoms with Gasteiger partial charge in [-0.1, -0.05) is 41.9 Å². The Morgan fingerprint density at radius 2 is 1.81 bits per heavy atom. The molecule has 8 heteroatoms. The average Bonchev–Trinajstić information content (AvgIpc) is 2.96. The third-order valence-electron chi connectivity index (χ3n) is 3.99. The minimum atomic E-state index is -4.65. The second-order valence-electron chi connectivity index (χ2n) is 5.85. The van der Waals surface area contributed by atoms with Crippen molar-refractivity contribution in [3.63, 3.8) is 0 Å². The Kier molecular flexibility index (Phi) is 4.91. The summed E-state index contributed by atoms with van der Waals surface area (Å²) < 4.78 is 40.8. The number of imidazole rings is 1. The van der Waals surface area contributed by atoms with E-state index in [1.165, 1.54) is 24.1 Å². The Hall–Kier alpha value is -2.54. The van der Waals surface area contributed by atoms with Crippen LogP contribution in [-0.4, -0.2) is 27.4 Å². The first-order valence-electron chi connectivity index (χ1n) is 7.77. The van der Waals surface area contributed by atoms with Gasteiger partial charge in [-0.3, -0.25) is 4.79 Å². The maximum Gasteiger partial charge on any atom is 0.449 e. The molecule has 136 valence electrons. The van der Waals surface area contributed by atoms with Gasteiger partial charge in [-0.15, -0.1) is 0 Å². The van der Waals surface area contributed by atoms with Gasteiger partial charge in [0.25, 0.3) is 0 Å². The number of para-hydroxylation sites is 2. The summed E-state index contributed by atoms with van der Waals surface area (Å²) in [6, 6.07) is 13.2. The quantitative estimate of drug-likeness (QED) is 0.673. The van der Waals surface area contributed by atoms with Crippen molar-refractivity contribution < 1.29 is 18.0 Å². The number of carbonyl (C=O) groups excluding carboxylic acids is 1. The zero-order chi connectivity index (χ0) is 18.9. The summed E-state index contributed by atoms with van der Waals surface area (Å²) in [6.07, 6.45) is -4.65. The van der Waals surface area contributed by atoms with Gasteiger partial charge in [0.2, 0.25) is 11.7 Å². The summed E-state index contributed by atoms with van der Waals surface area (Å²) in [6.45, 7) is -0.261. The van der Waals surface area contributed by atoms with Crippen LogP contribution in [-0.2, 0) is 24.1 Å². The van der Waals surface area contributed by atoms with Crippen LogP contribution < -0.4 is 0 Å². The third-order valence-corrected chi connectivity index (χ3v) is 4.36. The van der Waals surface area contributed by atoms with Gasteiger partial charge in [0.1, 0.15) is 6.54 Å². The second kappa shape index (κ2) is 6.99. The molecule has 1 aromatic heterocycles. The lowest BCUT2D eigenvalue weighted by molar-refractivity contribution is -0.148. The largest absolute Gasteiger partial charge is 0.449 e. The van der Waals surface area contributed by atoms with E-state index < -0.39 is 24.5 Å². The van der Waals surface area contributed by atoms with Crippen molar-refractivity contribution in [2.75, 3.05) is 7.05 Å². The van der Waals surface area contributed by atoms with Crippen molar-refractivity contribution in [3.05, 3.63) is 64.9 Å². The molecule has 0 atom stereocenters. The molecule has 0 radical (unpaired) electrons. The van der Waals surface area contributed by atoms with Crippen LogP contribution in [0.15, 0.2) is 48.5 Å². The highest BCUT2D eigenvalue weighted by molar-refractivity contribution is 6.31. The molecule has 3 aromatic rings. The number of amides is 1. The van der Waals surface area contributed by atoms with Crippen LogP contribution in [0.5, 0.6) is 0 Å². The lowest BCUT2D eigenvalue weighted by Gasteiger charge is -2.19. The lowest BCUT2D eigenvalue weighted by atomic mass is 10.2. The van der Waals surface area contributed by atoms with E-state index in [1.54, 1.807) is 36.4 Å². The fourth-order valence-corrected chi connectivity index (χ4v) is 2.87. The molecule has 3 rings (SSSR count). The monoisotopic (exact) mass is 381 g/mol. The van der Waals surface area contributed by atoms with Gasteiger partial charge in [-0.05, 0) is 23.8 Å². The Balaban J connectivity index is 1.88. The normalized spacial score (nSPS) is 11.7. The molecule has 0 bridgehead atoms. The van der Waals surface area contributed by atoms with E-state index in [1.807, 2.05) is 0 Å². The highest BCUT2D eigenvalue weighted by Crippen LogP contribution is 2.31. The van der Waals surface area contributed by atoms with Crippen LogP contribution in [0.25, 0.3) is 11.0 Å². The molecule has 0 aliphatic carbocycles. The van der Waals surface area contributed by atoms with Gasteiger partial charge in [-0.2, -0.15) is 13.2 Å². The minimum Gasteiger partial charge on any atom is -0.340 e. The van der Waals surface area contributed by atoms with Crippen molar-refractivity contribution in [2.24, 2.45) is 0 Å². The molecule has 1 heterocycles. The second-order valence-corrected chi connectivity index (χ2v) is 6.26. The van der Waals surface area contributed by atoms with Gasteiger partial charge in [0.15, 0.2) is 0 Å². The first-order valence-corrected chi connectivity index (χ1v) is 8.15. The van der Waals surface area contributed by atoms with Gasteiger partial charge >= 0.3 is 6.18 Å². The van der Waals surface area contributed by atoms with Gasteiger partial charge in [0.05, 0.1) is 11.0 Å². The Morgan fingerprint density at radius 1 is 1.15 bits per heavy atom. The molecule has 1 amide bonds. The van der Waals surface area contributed by atoms with Crippen LogP contribution in [0.1, 0.15) is 11.4 Å². The predicted octanol–water partition coefficient (Wildman–Crippen LogP) is 4.37. The van der Waals surface area contributed by atoms with E-state index >= 15 is 0 Å². The van der Waals surface area contributed by atoms with Crippen molar-refractivity contribution in [1.29, 1.82) is 0 Å².